The number of nitrogens with one attached hydrogen (secondary N) is 1. The standard InChI is InChI=1S/C17H21NS2/c1-11-8-16(13(3)19-11)12(2)18-10-15-9-14-6-4-5-7-17(14)20-15/h4-8,12,15,18H,9-10H2,1-3H3. The molecule has 0 aliphatic carbocycles. The molecule has 20 heavy (non-hydrogen) atoms. The highest BCUT2D eigenvalue weighted by atomic mass is 32.2. The van der Waals surface area contributed by atoms with Crippen molar-refractivity contribution in [3.05, 3.63) is 51.2 Å². The fraction of sp³-hybridized carbons (Fsp3) is 0.412. The number of aryl methyl sites for hydroxylation is 2. The topological polar surface area (TPSA) is 12.0 Å². The molecule has 1 aromatic carbocycles. The van der Waals surface area contributed by atoms with Crippen LogP contribution in [0.3, 0.4) is 0 Å². The summed E-state index contributed by atoms with van der Waals surface area (Å²) >= 11 is 3.92. The van der Waals surface area contributed by atoms with Crippen LogP contribution in [0.25, 0.3) is 0 Å². The average Bonchev–Trinajstić information content (AvgIpc) is 2.98. The molecule has 0 fully saturated rings. The maximum atomic E-state index is 3.72. The van der Waals surface area contributed by atoms with E-state index in [9.17, 15) is 0 Å². The molecule has 2 heterocycles. The lowest BCUT2D eigenvalue weighted by Crippen LogP contribution is -2.27. The van der Waals surface area contributed by atoms with E-state index >= 15 is 0 Å². The third-order valence-corrected chi connectivity index (χ3v) is 6.21. The van der Waals surface area contributed by atoms with Gasteiger partial charge in [-0.2, -0.15) is 0 Å². The van der Waals surface area contributed by atoms with Crippen molar-refractivity contribution >= 4 is 23.1 Å². The van der Waals surface area contributed by atoms with Gasteiger partial charge in [-0.15, -0.1) is 23.1 Å². The number of benzene rings is 1. The highest BCUT2D eigenvalue weighted by molar-refractivity contribution is 8.00. The van der Waals surface area contributed by atoms with Gasteiger partial charge in [0, 0.05) is 32.5 Å². The Balaban J connectivity index is 1.57. The Morgan fingerprint density at radius 3 is 2.80 bits per heavy atom. The molecule has 0 radical (unpaired) electrons. The molecule has 0 amide bonds. The molecule has 2 aromatic rings. The van der Waals surface area contributed by atoms with Crippen LogP contribution in [-0.4, -0.2) is 11.8 Å². The van der Waals surface area contributed by atoms with Crippen LogP contribution >= 0.6 is 23.1 Å². The monoisotopic (exact) mass is 303 g/mol. The van der Waals surface area contributed by atoms with Crippen LogP contribution < -0.4 is 5.32 Å². The van der Waals surface area contributed by atoms with Crippen molar-refractivity contribution in [2.45, 2.75) is 43.4 Å². The average molecular weight is 303 g/mol. The first-order chi connectivity index (χ1) is 9.63. The molecule has 0 bridgehead atoms. The van der Waals surface area contributed by atoms with Crippen LogP contribution in [0.5, 0.6) is 0 Å². The van der Waals surface area contributed by atoms with Crippen LogP contribution in [0.15, 0.2) is 35.2 Å². The van der Waals surface area contributed by atoms with Gasteiger partial charge in [-0.25, -0.2) is 0 Å². The molecule has 2 atom stereocenters. The molecule has 3 heteroatoms. The molecule has 0 saturated heterocycles. The Morgan fingerprint density at radius 1 is 1.30 bits per heavy atom. The first kappa shape index (κ1) is 14.2. The zero-order valence-electron chi connectivity index (χ0n) is 12.3. The third kappa shape index (κ3) is 2.95. The van der Waals surface area contributed by atoms with Gasteiger partial charge in [-0.05, 0) is 50.5 Å². The first-order valence-electron chi connectivity index (χ1n) is 7.18. The highest BCUT2D eigenvalue weighted by Gasteiger charge is 2.22. The van der Waals surface area contributed by atoms with E-state index in [-0.39, 0.29) is 0 Å². The summed E-state index contributed by atoms with van der Waals surface area (Å²) in [6, 6.07) is 11.6. The van der Waals surface area contributed by atoms with Gasteiger partial charge in [0.05, 0.1) is 0 Å². The van der Waals surface area contributed by atoms with Crippen molar-refractivity contribution in [2.24, 2.45) is 0 Å². The summed E-state index contributed by atoms with van der Waals surface area (Å²) < 4.78 is 0. The molecule has 106 valence electrons. The molecular formula is C17H21NS2. The Labute approximate surface area is 129 Å². The highest BCUT2D eigenvalue weighted by Crippen LogP contribution is 2.36. The summed E-state index contributed by atoms with van der Waals surface area (Å²) in [5, 5.41) is 4.39. The van der Waals surface area contributed by atoms with E-state index in [1.807, 2.05) is 23.1 Å². The van der Waals surface area contributed by atoms with E-state index in [4.69, 9.17) is 0 Å². The van der Waals surface area contributed by atoms with Gasteiger partial charge >= 0.3 is 0 Å². The lowest BCUT2D eigenvalue weighted by Gasteiger charge is -2.17. The predicted octanol–water partition coefficient (Wildman–Crippen LogP) is 4.73. The Kier molecular flexibility index (Phi) is 4.20. The van der Waals surface area contributed by atoms with Gasteiger partial charge in [0.1, 0.15) is 0 Å². The van der Waals surface area contributed by atoms with Crippen molar-refractivity contribution in [1.29, 1.82) is 0 Å². The van der Waals surface area contributed by atoms with Gasteiger partial charge in [0.15, 0.2) is 0 Å². The lowest BCUT2D eigenvalue weighted by molar-refractivity contribution is 0.566. The lowest BCUT2D eigenvalue weighted by atomic mass is 10.1. The summed E-state index contributed by atoms with van der Waals surface area (Å²) in [7, 11) is 0. The van der Waals surface area contributed by atoms with E-state index < -0.39 is 0 Å². The summed E-state index contributed by atoms with van der Waals surface area (Å²) in [5.41, 5.74) is 2.98. The Bertz CT molecular complexity index is 578. The summed E-state index contributed by atoms with van der Waals surface area (Å²) in [6.07, 6.45) is 1.20. The smallest absolute Gasteiger partial charge is 0.0303 e. The van der Waals surface area contributed by atoms with Crippen LogP contribution in [-0.2, 0) is 6.42 Å². The molecule has 1 aliphatic rings. The number of thioether (sulfide) groups is 1. The Hall–Kier alpha value is -0.770. The zero-order valence-corrected chi connectivity index (χ0v) is 13.9. The van der Waals surface area contributed by atoms with Crippen LogP contribution in [0.4, 0.5) is 0 Å². The van der Waals surface area contributed by atoms with Crippen molar-refractivity contribution in [3.63, 3.8) is 0 Å². The maximum Gasteiger partial charge on any atom is 0.0303 e. The van der Waals surface area contributed by atoms with Gasteiger partial charge in [-0.1, -0.05) is 18.2 Å². The molecule has 1 aliphatic heterocycles. The van der Waals surface area contributed by atoms with Crippen LogP contribution in [0.2, 0.25) is 0 Å². The largest absolute Gasteiger partial charge is 0.309 e. The third-order valence-electron chi connectivity index (χ3n) is 3.91. The van der Waals surface area contributed by atoms with Crippen molar-refractivity contribution in [1.82, 2.24) is 5.32 Å². The van der Waals surface area contributed by atoms with Crippen LogP contribution in [0.1, 0.15) is 33.8 Å². The van der Waals surface area contributed by atoms with E-state index in [0.29, 0.717) is 11.3 Å². The molecule has 0 spiro atoms. The number of fused-ring (bicyclic) bond motifs is 1. The van der Waals surface area contributed by atoms with Crippen molar-refractivity contribution in [3.8, 4) is 0 Å². The molecule has 3 rings (SSSR count). The number of hydrogen-bond acceptors (Lipinski definition) is 3. The summed E-state index contributed by atoms with van der Waals surface area (Å²) in [6.45, 7) is 7.78. The van der Waals surface area contributed by atoms with Gasteiger partial charge in [-0.3, -0.25) is 0 Å². The minimum Gasteiger partial charge on any atom is -0.309 e. The molecule has 0 saturated carbocycles. The van der Waals surface area contributed by atoms with Crippen molar-refractivity contribution in [2.75, 3.05) is 6.54 Å². The van der Waals surface area contributed by atoms with E-state index in [1.165, 1.54) is 32.2 Å². The molecular weight excluding hydrogens is 282 g/mol. The molecule has 1 nitrogen and oxygen atoms in total. The van der Waals surface area contributed by atoms with Crippen LogP contribution in [0, 0.1) is 13.8 Å². The summed E-state index contributed by atoms with van der Waals surface area (Å²) in [5.74, 6) is 0. The molecule has 2 unspecified atom stereocenters. The van der Waals surface area contributed by atoms with Gasteiger partial charge in [0.25, 0.3) is 0 Å². The van der Waals surface area contributed by atoms with E-state index in [1.54, 1.807) is 0 Å². The SMILES string of the molecule is Cc1cc(C(C)NCC2Cc3ccccc3S2)c(C)s1. The second kappa shape index (κ2) is 5.92. The second-order valence-electron chi connectivity index (χ2n) is 5.55. The maximum absolute atomic E-state index is 3.72. The molecule has 1 aromatic heterocycles. The van der Waals surface area contributed by atoms with Gasteiger partial charge < -0.3 is 5.32 Å². The fourth-order valence-corrected chi connectivity index (χ4v) is 5.15. The summed E-state index contributed by atoms with van der Waals surface area (Å²) in [4.78, 5) is 4.33. The minimum absolute atomic E-state index is 0.448. The number of thiophene rings is 1. The predicted molar refractivity (Wildman–Crippen MR) is 90.0 cm³/mol. The second-order valence-corrected chi connectivity index (χ2v) is 8.35. The van der Waals surface area contributed by atoms with Gasteiger partial charge in [0.2, 0.25) is 0 Å². The fourth-order valence-electron chi connectivity index (χ4n) is 2.87. The number of rotatable bonds is 4. The van der Waals surface area contributed by atoms with E-state index in [0.717, 1.165) is 6.54 Å². The minimum atomic E-state index is 0.448. The zero-order chi connectivity index (χ0) is 14.1. The normalized spacial score (nSPS) is 19.1. The number of hydrogen-bond donors (Lipinski definition) is 1. The first-order valence-corrected chi connectivity index (χ1v) is 8.88. The van der Waals surface area contributed by atoms with E-state index in [2.05, 4.69) is 56.4 Å². The quantitative estimate of drug-likeness (QED) is 0.876. The molecule has 1 N–H and O–H groups in total. The van der Waals surface area contributed by atoms with Crippen molar-refractivity contribution < 1.29 is 0 Å². The Morgan fingerprint density at radius 2 is 2.10 bits per heavy atom.